The number of nitrogens with one attached hydrogen (secondary N) is 1. The standard InChI is InChI=1S/C23H21FN4O3/c1-3-18-26-22(30-13-19(29)25-12-16-7-5-4-6-14(16)2)20-21(28-31-23(20)27-18)15-8-10-17(24)11-9-15/h4-11H,3,12-13H2,1-2H3,(H,25,29). The van der Waals surface area contributed by atoms with Gasteiger partial charge in [-0.2, -0.15) is 9.97 Å². The molecule has 1 N–H and O–H groups in total. The van der Waals surface area contributed by atoms with Gasteiger partial charge in [0.15, 0.2) is 6.61 Å². The van der Waals surface area contributed by atoms with Crippen molar-refractivity contribution in [2.45, 2.75) is 26.8 Å². The zero-order chi connectivity index (χ0) is 21.8. The lowest BCUT2D eigenvalue weighted by molar-refractivity contribution is -0.123. The summed E-state index contributed by atoms with van der Waals surface area (Å²) in [6.45, 7) is 4.07. The van der Waals surface area contributed by atoms with E-state index in [4.69, 9.17) is 9.26 Å². The van der Waals surface area contributed by atoms with E-state index in [9.17, 15) is 9.18 Å². The van der Waals surface area contributed by atoms with E-state index < -0.39 is 0 Å². The number of carbonyl (C=O) groups is 1. The van der Waals surface area contributed by atoms with E-state index in [2.05, 4.69) is 20.4 Å². The molecule has 0 unspecified atom stereocenters. The van der Waals surface area contributed by atoms with Crippen LogP contribution in [0.5, 0.6) is 5.88 Å². The summed E-state index contributed by atoms with van der Waals surface area (Å²) in [6.07, 6.45) is 0.554. The van der Waals surface area contributed by atoms with Gasteiger partial charge in [0.05, 0.1) is 0 Å². The van der Waals surface area contributed by atoms with E-state index in [0.29, 0.717) is 35.4 Å². The van der Waals surface area contributed by atoms with Gasteiger partial charge in [-0.1, -0.05) is 36.3 Å². The van der Waals surface area contributed by atoms with Gasteiger partial charge in [0, 0.05) is 18.5 Å². The molecule has 0 spiro atoms. The molecule has 0 radical (unpaired) electrons. The lowest BCUT2D eigenvalue weighted by Gasteiger charge is -2.10. The molecule has 31 heavy (non-hydrogen) atoms. The lowest BCUT2D eigenvalue weighted by atomic mass is 10.1. The van der Waals surface area contributed by atoms with Crippen LogP contribution >= 0.6 is 0 Å². The Balaban J connectivity index is 1.56. The van der Waals surface area contributed by atoms with Crippen molar-refractivity contribution < 1.29 is 18.4 Å². The van der Waals surface area contributed by atoms with Crippen LogP contribution in [0, 0.1) is 12.7 Å². The molecule has 0 saturated heterocycles. The van der Waals surface area contributed by atoms with Crippen molar-refractivity contribution in [1.82, 2.24) is 20.4 Å². The van der Waals surface area contributed by atoms with Crippen LogP contribution < -0.4 is 10.1 Å². The maximum absolute atomic E-state index is 13.3. The van der Waals surface area contributed by atoms with Crippen LogP contribution in [0.3, 0.4) is 0 Å². The first-order valence-corrected chi connectivity index (χ1v) is 9.91. The Hall–Kier alpha value is -3.81. The average Bonchev–Trinajstić information content (AvgIpc) is 3.21. The summed E-state index contributed by atoms with van der Waals surface area (Å²) in [5.41, 5.74) is 3.43. The van der Waals surface area contributed by atoms with Gasteiger partial charge in [0.25, 0.3) is 11.6 Å². The van der Waals surface area contributed by atoms with Gasteiger partial charge in [-0.3, -0.25) is 4.79 Å². The second-order valence-electron chi connectivity index (χ2n) is 7.01. The number of aryl methyl sites for hydroxylation is 2. The first-order chi connectivity index (χ1) is 15.0. The Morgan fingerprint density at radius 2 is 1.90 bits per heavy atom. The summed E-state index contributed by atoms with van der Waals surface area (Å²) in [5, 5.41) is 7.35. The zero-order valence-corrected chi connectivity index (χ0v) is 17.2. The van der Waals surface area contributed by atoms with E-state index in [1.807, 2.05) is 38.1 Å². The van der Waals surface area contributed by atoms with Gasteiger partial charge >= 0.3 is 0 Å². The number of aromatic nitrogens is 3. The van der Waals surface area contributed by atoms with Crippen molar-refractivity contribution in [3.05, 3.63) is 71.3 Å². The first kappa shape index (κ1) is 20.5. The fourth-order valence-corrected chi connectivity index (χ4v) is 3.12. The van der Waals surface area contributed by atoms with E-state index in [1.165, 1.54) is 12.1 Å². The van der Waals surface area contributed by atoms with E-state index in [-0.39, 0.29) is 29.9 Å². The van der Waals surface area contributed by atoms with E-state index in [1.54, 1.807) is 12.1 Å². The highest BCUT2D eigenvalue weighted by molar-refractivity contribution is 5.93. The summed E-state index contributed by atoms with van der Waals surface area (Å²) in [4.78, 5) is 21.1. The van der Waals surface area contributed by atoms with Crippen molar-refractivity contribution in [3.63, 3.8) is 0 Å². The smallest absolute Gasteiger partial charge is 0.265 e. The third-order valence-electron chi connectivity index (χ3n) is 4.86. The third kappa shape index (κ3) is 4.53. The molecule has 4 rings (SSSR count). The van der Waals surface area contributed by atoms with Gasteiger partial charge in [0.2, 0.25) is 5.88 Å². The molecule has 1 amide bonds. The number of benzene rings is 2. The monoisotopic (exact) mass is 420 g/mol. The van der Waals surface area contributed by atoms with Crippen molar-refractivity contribution in [2.75, 3.05) is 6.61 Å². The van der Waals surface area contributed by atoms with Crippen molar-refractivity contribution in [2.24, 2.45) is 0 Å². The molecule has 8 heteroatoms. The highest BCUT2D eigenvalue weighted by Gasteiger charge is 2.20. The molecular formula is C23H21FN4O3. The third-order valence-corrected chi connectivity index (χ3v) is 4.86. The van der Waals surface area contributed by atoms with Crippen LogP contribution in [0.2, 0.25) is 0 Å². The summed E-state index contributed by atoms with van der Waals surface area (Å²) < 4.78 is 24.4. The van der Waals surface area contributed by atoms with Crippen LogP contribution in [0.15, 0.2) is 53.1 Å². The minimum absolute atomic E-state index is 0.202. The van der Waals surface area contributed by atoms with Gasteiger partial charge in [-0.15, -0.1) is 0 Å². The molecule has 0 fully saturated rings. The average molecular weight is 420 g/mol. The van der Waals surface area contributed by atoms with Gasteiger partial charge in [-0.05, 0) is 42.3 Å². The quantitative estimate of drug-likeness (QED) is 0.486. The Morgan fingerprint density at radius 3 is 2.65 bits per heavy atom. The van der Waals surface area contributed by atoms with Crippen LogP contribution in [-0.4, -0.2) is 27.6 Å². The number of ether oxygens (including phenoxy) is 1. The van der Waals surface area contributed by atoms with Crippen molar-refractivity contribution in [1.29, 1.82) is 0 Å². The maximum Gasteiger partial charge on any atom is 0.265 e. The molecule has 2 aromatic carbocycles. The normalized spacial score (nSPS) is 10.9. The number of hydrogen-bond acceptors (Lipinski definition) is 6. The fraction of sp³-hybridized carbons (Fsp3) is 0.217. The molecule has 0 aliphatic rings. The van der Waals surface area contributed by atoms with Crippen LogP contribution in [-0.2, 0) is 17.8 Å². The minimum atomic E-state index is -0.358. The lowest BCUT2D eigenvalue weighted by Crippen LogP contribution is -2.28. The Labute approximate surface area is 178 Å². The molecule has 2 heterocycles. The zero-order valence-electron chi connectivity index (χ0n) is 17.2. The summed E-state index contributed by atoms with van der Waals surface area (Å²) in [6, 6.07) is 13.7. The van der Waals surface area contributed by atoms with Gasteiger partial charge in [-0.25, -0.2) is 4.39 Å². The Bertz CT molecular complexity index is 1220. The summed E-state index contributed by atoms with van der Waals surface area (Å²) >= 11 is 0. The second kappa shape index (κ2) is 8.91. The molecule has 158 valence electrons. The molecular weight excluding hydrogens is 399 g/mol. The molecule has 2 aromatic heterocycles. The Morgan fingerprint density at radius 1 is 1.13 bits per heavy atom. The van der Waals surface area contributed by atoms with Gasteiger partial charge < -0.3 is 14.6 Å². The molecule has 0 saturated carbocycles. The number of hydrogen-bond donors (Lipinski definition) is 1. The highest BCUT2D eigenvalue weighted by Crippen LogP contribution is 2.33. The second-order valence-corrected chi connectivity index (χ2v) is 7.01. The minimum Gasteiger partial charge on any atom is -0.467 e. The molecule has 0 aliphatic heterocycles. The number of fused-ring (bicyclic) bond motifs is 1. The van der Waals surface area contributed by atoms with Crippen molar-refractivity contribution in [3.8, 4) is 17.1 Å². The maximum atomic E-state index is 13.3. The predicted molar refractivity (Wildman–Crippen MR) is 113 cm³/mol. The molecule has 0 bridgehead atoms. The molecule has 7 nitrogen and oxygen atoms in total. The number of amides is 1. The van der Waals surface area contributed by atoms with Crippen LogP contribution in [0.4, 0.5) is 4.39 Å². The SMILES string of the molecule is CCc1nc(OCC(=O)NCc2ccccc2C)c2c(-c3ccc(F)cc3)noc2n1. The van der Waals surface area contributed by atoms with Crippen LogP contribution in [0.1, 0.15) is 23.9 Å². The topological polar surface area (TPSA) is 90.1 Å². The molecule has 4 aromatic rings. The predicted octanol–water partition coefficient (Wildman–Crippen LogP) is 3.99. The summed E-state index contributed by atoms with van der Waals surface area (Å²) in [7, 11) is 0. The number of nitrogens with zero attached hydrogens (tertiary/aromatic N) is 3. The highest BCUT2D eigenvalue weighted by atomic mass is 19.1. The van der Waals surface area contributed by atoms with Gasteiger partial charge in [0.1, 0.15) is 22.7 Å². The van der Waals surface area contributed by atoms with Crippen molar-refractivity contribution >= 4 is 17.0 Å². The summed E-state index contributed by atoms with van der Waals surface area (Å²) in [5.74, 6) is 0.0637. The molecule has 0 atom stereocenters. The molecule has 0 aliphatic carbocycles. The van der Waals surface area contributed by atoms with E-state index >= 15 is 0 Å². The fourth-order valence-electron chi connectivity index (χ4n) is 3.12. The number of carbonyl (C=O) groups excluding carboxylic acids is 1. The number of rotatable bonds is 7. The first-order valence-electron chi connectivity index (χ1n) is 9.91. The largest absolute Gasteiger partial charge is 0.467 e. The number of halogens is 1. The Kier molecular flexibility index (Phi) is 5.88. The van der Waals surface area contributed by atoms with Crippen LogP contribution in [0.25, 0.3) is 22.4 Å². The van der Waals surface area contributed by atoms with E-state index in [0.717, 1.165) is 11.1 Å².